The van der Waals surface area contributed by atoms with E-state index in [1.54, 1.807) is 14.1 Å². The predicted molar refractivity (Wildman–Crippen MR) is 66.3 cm³/mol. The van der Waals surface area contributed by atoms with Crippen LogP contribution in [0.4, 0.5) is 5.69 Å². The monoisotopic (exact) mass is 258 g/mol. The summed E-state index contributed by atoms with van der Waals surface area (Å²) in [5.74, 6) is 0.00501. The first-order chi connectivity index (χ1) is 7.93. The van der Waals surface area contributed by atoms with Crippen LogP contribution in [-0.4, -0.2) is 41.2 Å². The molecule has 0 unspecified atom stereocenters. The number of halogens is 1. The molecule has 0 aromatic carbocycles. The Hall–Kier alpha value is -1.56. The molecular weight excluding hydrogens is 244 g/mol. The van der Waals surface area contributed by atoms with E-state index in [2.05, 4.69) is 10.4 Å². The van der Waals surface area contributed by atoms with E-state index in [-0.39, 0.29) is 16.5 Å². The first-order valence-corrected chi connectivity index (χ1v) is 5.47. The summed E-state index contributed by atoms with van der Waals surface area (Å²) >= 11 is 5.85. The van der Waals surface area contributed by atoms with Gasteiger partial charge >= 0.3 is 0 Å². The molecule has 17 heavy (non-hydrogen) atoms. The summed E-state index contributed by atoms with van der Waals surface area (Å²) in [7, 11) is 4.90. The number of rotatable bonds is 4. The summed E-state index contributed by atoms with van der Waals surface area (Å²) < 4.78 is 1.15. The number of aryl methyl sites for hydroxylation is 1. The van der Waals surface area contributed by atoms with Crippen LogP contribution in [0.3, 0.4) is 0 Å². The normalized spacial score (nSPS) is 10.1. The maximum absolute atomic E-state index is 11.4. The van der Waals surface area contributed by atoms with Crippen LogP contribution < -0.4 is 10.9 Å². The fraction of sp³-hybridized carbons (Fsp3) is 0.500. The van der Waals surface area contributed by atoms with Gasteiger partial charge in [0.25, 0.3) is 5.56 Å². The molecule has 0 atom stereocenters. The van der Waals surface area contributed by atoms with Crippen LogP contribution in [-0.2, 0) is 11.8 Å². The molecule has 0 bridgehead atoms. The number of hydrogen-bond donors (Lipinski definition) is 1. The lowest BCUT2D eigenvalue weighted by Crippen LogP contribution is -2.25. The van der Waals surface area contributed by atoms with Gasteiger partial charge in [-0.3, -0.25) is 9.59 Å². The number of nitrogens with zero attached hydrogens (tertiary/aromatic N) is 3. The smallest absolute Gasteiger partial charge is 0.287 e. The summed E-state index contributed by atoms with van der Waals surface area (Å²) in [6.07, 6.45) is 1.79. The van der Waals surface area contributed by atoms with E-state index in [1.165, 1.54) is 18.1 Å². The Balaban J connectivity index is 2.62. The third-order valence-corrected chi connectivity index (χ3v) is 2.60. The van der Waals surface area contributed by atoms with Crippen molar-refractivity contribution in [1.82, 2.24) is 14.7 Å². The molecule has 1 aromatic heterocycles. The van der Waals surface area contributed by atoms with Crippen molar-refractivity contribution in [3.05, 3.63) is 21.6 Å². The summed E-state index contributed by atoms with van der Waals surface area (Å²) in [6, 6.07) is 0. The molecule has 1 heterocycles. The standard InChI is InChI=1S/C10H15ClN4O2/c1-14(2)8(16)4-5-12-7-6-13-15(3)10(17)9(7)11/h6,12H,4-5H2,1-3H3. The Labute approximate surface area is 104 Å². The lowest BCUT2D eigenvalue weighted by molar-refractivity contribution is -0.128. The Kier molecular flexibility index (Phi) is 4.51. The van der Waals surface area contributed by atoms with Crippen LogP contribution in [0.15, 0.2) is 11.0 Å². The highest BCUT2D eigenvalue weighted by molar-refractivity contribution is 6.32. The average molecular weight is 259 g/mol. The van der Waals surface area contributed by atoms with E-state index >= 15 is 0 Å². The van der Waals surface area contributed by atoms with Gasteiger partial charge in [-0.25, -0.2) is 4.68 Å². The zero-order valence-electron chi connectivity index (χ0n) is 10.0. The van der Waals surface area contributed by atoms with Crippen molar-refractivity contribution < 1.29 is 4.79 Å². The zero-order chi connectivity index (χ0) is 13.0. The number of carbonyl (C=O) groups excluding carboxylic acids is 1. The summed E-state index contributed by atoms with van der Waals surface area (Å²) in [5.41, 5.74) is 0.0805. The summed E-state index contributed by atoms with van der Waals surface area (Å²) in [5, 5.41) is 6.83. The van der Waals surface area contributed by atoms with Crippen molar-refractivity contribution in [3.63, 3.8) is 0 Å². The second-order valence-corrected chi connectivity index (χ2v) is 4.14. The van der Waals surface area contributed by atoms with Crippen molar-refractivity contribution in [3.8, 4) is 0 Å². The van der Waals surface area contributed by atoms with Gasteiger partial charge in [0.1, 0.15) is 5.02 Å². The maximum atomic E-state index is 11.4. The topological polar surface area (TPSA) is 67.2 Å². The van der Waals surface area contributed by atoms with E-state index < -0.39 is 0 Å². The molecule has 0 fully saturated rings. The highest BCUT2D eigenvalue weighted by Crippen LogP contribution is 2.14. The summed E-state index contributed by atoms with van der Waals surface area (Å²) in [6.45, 7) is 0.408. The fourth-order valence-electron chi connectivity index (χ4n) is 1.16. The SMILES string of the molecule is CN(C)C(=O)CCNc1cnn(C)c(=O)c1Cl. The minimum atomic E-state index is -0.365. The molecule has 6 nitrogen and oxygen atoms in total. The fourth-order valence-corrected chi connectivity index (χ4v) is 1.40. The Morgan fingerprint density at radius 2 is 2.24 bits per heavy atom. The number of amides is 1. The van der Waals surface area contributed by atoms with E-state index in [1.807, 2.05) is 0 Å². The lowest BCUT2D eigenvalue weighted by atomic mass is 10.3. The van der Waals surface area contributed by atoms with Crippen molar-refractivity contribution >= 4 is 23.2 Å². The van der Waals surface area contributed by atoms with Gasteiger partial charge in [0.2, 0.25) is 5.91 Å². The molecule has 0 radical (unpaired) electrons. The Morgan fingerprint density at radius 1 is 1.59 bits per heavy atom. The molecule has 0 saturated heterocycles. The molecule has 1 N–H and O–H groups in total. The molecule has 0 aliphatic heterocycles. The van der Waals surface area contributed by atoms with Gasteiger partial charge in [0, 0.05) is 34.1 Å². The van der Waals surface area contributed by atoms with Crippen LogP contribution in [0.1, 0.15) is 6.42 Å². The molecule has 0 aliphatic rings. The van der Waals surface area contributed by atoms with E-state index in [0.29, 0.717) is 18.7 Å². The third-order valence-electron chi connectivity index (χ3n) is 2.23. The van der Waals surface area contributed by atoms with Crippen molar-refractivity contribution in [2.45, 2.75) is 6.42 Å². The number of carbonyl (C=O) groups is 1. The predicted octanol–water partition coefficient (Wildman–Crippen LogP) is 0.324. The van der Waals surface area contributed by atoms with Crippen molar-refractivity contribution in [2.75, 3.05) is 26.0 Å². The first kappa shape index (κ1) is 13.5. The molecule has 1 rings (SSSR count). The number of anilines is 1. The Bertz CT molecular complexity index is 470. The highest BCUT2D eigenvalue weighted by atomic mass is 35.5. The second-order valence-electron chi connectivity index (χ2n) is 3.77. The molecule has 94 valence electrons. The van der Waals surface area contributed by atoms with E-state index in [0.717, 1.165) is 4.68 Å². The van der Waals surface area contributed by atoms with Crippen LogP contribution in [0, 0.1) is 0 Å². The minimum Gasteiger partial charge on any atom is -0.382 e. The van der Waals surface area contributed by atoms with E-state index in [9.17, 15) is 9.59 Å². The minimum absolute atomic E-state index is 0.00501. The lowest BCUT2D eigenvalue weighted by Gasteiger charge is -2.11. The zero-order valence-corrected chi connectivity index (χ0v) is 10.8. The van der Waals surface area contributed by atoms with Gasteiger partial charge < -0.3 is 10.2 Å². The largest absolute Gasteiger partial charge is 0.382 e. The van der Waals surface area contributed by atoms with Crippen molar-refractivity contribution in [1.29, 1.82) is 0 Å². The molecule has 0 aliphatic carbocycles. The van der Waals surface area contributed by atoms with Crippen LogP contribution in [0.2, 0.25) is 5.02 Å². The summed E-state index contributed by atoms with van der Waals surface area (Å²) in [4.78, 5) is 24.3. The van der Waals surface area contributed by atoms with Gasteiger partial charge in [-0.15, -0.1) is 0 Å². The van der Waals surface area contributed by atoms with Gasteiger partial charge in [0.05, 0.1) is 11.9 Å². The number of aromatic nitrogens is 2. The van der Waals surface area contributed by atoms with Crippen LogP contribution in [0.5, 0.6) is 0 Å². The van der Waals surface area contributed by atoms with Gasteiger partial charge in [-0.1, -0.05) is 11.6 Å². The quantitative estimate of drug-likeness (QED) is 0.845. The number of hydrogen-bond acceptors (Lipinski definition) is 4. The van der Waals surface area contributed by atoms with Gasteiger partial charge in [-0.2, -0.15) is 5.10 Å². The highest BCUT2D eigenvalue weighted by Gasteiger charge is 2.08. The van der Waals surface area contributed by atoms with E-state index in [4.69, 9.17) is 11.6 Å². The van der Waals surface area contributed by atoms with Crippen molar-refractivity contribution in [2.24, 2.45) is 7.05 Å². The average Bonchev–Trinajstić information content (AvgIpc) is 2.28. The molecule has 1 aromatic rings. The third kappa shape index (κ3) is 3.45. The second kappa shape index (κ2) is 5.67. The van der Waals surface area contributed by atoms with Crippen LogP contribution in [0.25, 0.3) is 0 Å². The molecular formula is C10H15ClN4O2. The van der Waals surface area contributed by atoms with Gasteiger partial charge in [0.15, 0.2) is 0 Å². The Morgan fingerprint density at radius 3 is 2.82 bits per heavy atom. The molecule has 7 heteroatoms. The molecule has 0 saturated carbocycles. The molecule has 0 spiro atoms. The van der Waals surface area contributed by atoms with Gasteiger partial charge in [-0.05, 0) is 0 Å². The number of nitrogens with one attached hydrogen (secondary N) is 1. The maximum Gasteiger partial charge on any atom is 0.287 e. The van der Waals surface area contributed by atoms with Crippen LogP contribution >= 0.6 is 11.6 Å². The first-order valence-electron chi connectivity index (χ1n) is 5.09. The molecule has 1 amide bonds.